The summed E-state index contributed by atoms with van der Waals surface area (Å²) in [6.45, 7) is 0. The van der Waals surface area contributed by atoms with Crippen molar-refractivity contribution in [2.24, 2.45) is 5.73 Å². The molecule has 0 bridgehead atoms. The lowest BCUT2D eigenvalue weighted by molar-refractivity contribution is 0.927. The van der Waals surface area contributed by atoms with Gasteiger partial charge in [0.25, 0.3) is 0 Å². The molecule has 2 rings (SSSR count). The van der Waals surface area contributed by atoms with Gasteiger partial charge in [0.15, 0.2) is 0 Å². The molecule has 0 spiro atoms. The van der Waals surface area contributed by atoms with Crippen molar-refractivity contribution in [2.75, 3.05) is 0 Å². The topological polar surface area (TPSA) is 78.5 Å². The van der Waals surface area contributed by atoms with Gasteiger partial charge in [-0.1, -0.05) is 0 Å². The van der Waals surface area contributed by atoms with Crippen LogP contribution in [0.3, 0.4) is 0 Å². The number of pyridine rings is 1. The van der Waals surface area contributed by atoms with E-state index in [1.54, 1.807) is 18.6 Å². The molecule has 0 amide bonds. The van der Waals surface area contributed by atoms with E-state index in [4.69, 9.17) is 11.0 Å². The van der Waals surface area contributed by atoms with Gasteiger partial charge in [-0.15, -0.1) is 0 Å². The number of fused-ring (bicyclic) bond motifs is 1. The minimum absolute atomic E-state index is 0.605. The van der Waals surface area contributed by atoms with E-state index in [9.17, 15) is 0 Å². The summed E-state index contributed by atoms with van der Waals surface area (Å²) in [6, 6.07) is 3.27. The van der Waals surface area contributed by atoms with Crippen LogP contribution in [0.15, 0.2) is 24.7 Å². The summed E-state index contributed by atoms with van der Waals surface area (Å²) in [5.74, 6) is 0. The normalized spacial score (nSPS) is 12.6. The maximum atomic E-state index is 8.67. The fraction of sp³-hybridized carbons (Fsp3) is 0.111. The molecule has 4 heteroatoms. The predicted octanol–water partition coefficient (Wildman–Crippen LogP) is 1.09. The summed E-state index contributed by atoms with van der Waals surface area (Å²) in [4.78, 5) is 7.00. The number of H-pyrrole nitrogens is 1. The molecule has 2 aromatic heterocycles. The van der Waals surface area contributed by atoms with Crippen LogP contribution in [0.2, 0.25) is 0 Å². The SMILES string of the molecule is N#CC(N)c1cncc2[nH]ccc12. The molecule has 0 fully saturated rings. The van der Waals surface area contributed by atoms with Gasteiger partial charge < -0.3 is 10.7 Å². The molecule has 0 aliphatic heterocycles. The highest BCUT2D eigenvalue weighted by atomic mass is 14.7. The van der Waals surface area contributed by atoms with Crippen molar-refractivity contribution in [1.82, 2.24) is 9.97 Å². The monoisotopic (exact) mass is 172 g/mol. The molecule has 0 saturated heterocycles. The molecule has 13 heavy (non-hydrogen) atoms. The Kier molecular flexibility index (Phi) is 1.72. The molecule has 1 atom stereocenters. The van der Waals surface area contributed by atoms with Gasteiger partial charge in [-0.2, -0.15) is 5.26 Å². The minimum atomic E-state index is -0.605. The number of aromatic amines is 1. The quantitative estimate of drug-likeness (QED) is 0.675. The second-order valence-corrected chi connectivity index (χ2v) is 2.77. The first-order valence-electron chi connectivity index (χ1n) is 3.89. The molecular weight excluding hydrogens is 164 g/mol. The second kappa shape index (κ2) is 2.88. The number of hydrogen-bond donors (Lipinski definition) is 2. The van der Waals surface area contributed by atoms with Crippen molar-refractivity contribution in [3.05, 3.63) is 30.2 Å². The molecule has 1 unspecified atom stereocenters. The summed E-state index contributed by atoms with van der Waals surface area (Å²) in [5.41, 5.74) is 7.28. The third kappa shape index (κ3) is 1.15. The van der Waals surface area contributed by atoms with Gasteiger partial charge in [0.05, 0.1) is 17.8 Å². The fourth-order valence-corrected chi connectivity index (χ4v) is 1.32. The van der Waals surface area contributed by atoms with Crippen molar-refractivity contribution in [3.63, 3.8) is 0 Å². The van der Waals surface area contributed by atoms with Gasteiger partial charge in [-0.25, -0.2) is 0 Å². The Hall–Kier alpha value is -1.86. The van der Waals surface area contributed by atoms with Crippen LogP contribution in [0, 0.1) is 11.3 Å². The number of aromatic nitrogens is 2. The van der Waals surface area contributed by atoms with Crippen molar-refractivity contribution in [3.8, 4) is 6.07 Å². The molecule has 0 aliphatic carbocycles. The molecule has 0 aromatic carbocycles. The summed E-state index contributed by atoms with van der Waals surface area (Å²) < 4.78 is 0. The van der Waals surface area contributed by atoms with Crippen LogP contribution >= 0.6 is 0 Å². The van der Waals surface area contributed by atoms with Crippen molar-refractivity contribution >= 4 is 10.9 Å². The highest BCUT2D eigenvalue weighted by Crippen LogP contribution is 2.20. The second-order valence-electron chi connectivity index (χ2n) is 2.77. The lowest BCUT2D eigenvalue weighted by Crippen LogP contribution is -2.07. The highest BCUT2D eigenvalue weighted by Gasteiger charge is 2.09. The summed E-state index contributed by atoms with van der Waals surface area (Å²) in [7, 11) is 0. The van der Waals surface area contributed by atoms with Gasteiger partial charge in [-0.3, -0.25) is 4.98 Å². The lowest BCUT2D eigenvalue weighted by Gasteiger charge is -2.02. The molecule has 2 heterocycles. The van der Waals surface area contributed by atoms with Crippen LogP contribution < -0.4 is 5.73 Å². The molecular formula is C9H8N4. The van der Waals surface area contributed by atoms with Crippen molar-refractivity contribution in [1.29, 1.82) is 5.26 Å². The summed E-state index contributed by atoms with van der Waals surface area (Å²) in [6.07, 6.45) is 5.15. The smallest absolute Gasteiger partial charge is 0.121 e. The number of rotatable bonds is 1. The van der Waals surface area contributed by atoms with Crippen molar-refractivity contribution in [2.45, 2.75) is 6.04 Å². The van der Waals surface area contributed by atoms with Gasteiger partial charge >= 0.3 is 0 Å². The fourth-order valence-electron chi connectivity index (χ4n) is 1.32. The first-order valence-corrected chi connectivity index (χ1v) is 3.89. The van der Waals surface area contributed by atoms with Crippen LogP contribution in [0.5, 0.6) is 0 Å². The Bertz CT molecular complexity index is 466. The Labute approximate surface area is 75.0 Å². The van der Waals surface area contributed by atoms with Crippen LogP contribution in [-0.4, -0.2) is 9.97 Å². The number of nitrogens with zero attached hydrogens (tertiary/aromatic N) is 2. The Morgan fingerprint density at radius 3 is 3.15 bits per heavy atom. The van der Waals surface area contributed by atoms with E-state index in [0.29, 0.717) is 0 Å². The maximum absolute atomic E-state index is 8.67. The first kappa shape index (κ1) is 7.77. The third-order valence-electron chi connectivity index (χ3n) is 1.98. The van der Waals surface area contributed by atoms with E-state index in [2.05, 4.69) is 9.97 Å². The minimum Gasteiger partial charge on any atom is -0.360 e. The van der Waals surface area contributed by atoms with Gasteiger partial charge in [-0.05, 0) is 6.07 Å². The first-order chi connectivity index (χ1) is 6.33. The molecule has 3 N–H and O–H groups in total. The maximum Gasteiger partial charge on any atom is 0.121 e. The van der Waals surface area contributed by atoms with Crippen molar-refractivity contribution < 1.29 is 0 Å². The Morgan fingerprint density at radius 2 is 2.38 bits per heavy atom. The zero-order valence-electron chi connectivity index (χ0n) is 6.86. The molecule has 4 nitrogen and oxygen atoms in total. The molecule has 0 saturated carbocycles. The van der Waals surface area contributed by atoms with E-state index in [-0.39, 0.29) is 0 Å². The van der Waals surface area contributed by atoms with Crippen LogP contribution in [0.1, 0.15) is 11.6 Å². The zero-order valence-corrected chi connectivity index (χ0v) is 6.86. The van der Waals surface area contributed by atoms with E-state index in [0.717, 1.165) is 16.5 Å². The van der Waals surface area contributed by atoms with Crippen LogP contribution in [-0.2, 0) is 0 Å². The van der Waals surface area contributed by atoms with Gasteiger partial charge in [0.1, 0.15) is 6.04 Å². The third-order valence-corrected chi connectivity index (χ3v) is 1.98. The average molecular weight is 172 g/mol. The summed E-state index contributed by atoms with van der Waals surface area (Å²) >= 11 is 0. The predicted molar refractivity (Wildman–Crippen MR) is 48.6 cm³/mol. The van der Waals surface area contributed by atoms with Crippen LogP contribution in [0.4, 0.5) is 0 Å². The molecule has 0 radical (unpaired) electrons. The lowest BCUT2D eigenvalue weighted by atomic mass is 10.1. The average Bonchev–Trinajstić information content (AvgIpc) is 2.63. The van der Waals surface area contributed by atoms with E-state index in [1.165, 1.54) is 0 Å². The highest BCUT2D eigenvalue weighted by molar-refractivity contribution is 5.82. The zero-order chi connectivity index (χ0) is 9.26. The van der Waals surface area contributed by atoms with E-state index >= 15 is 0 Å². The summed E-state index contributed by atoms with van der Waals surface area (Å²) in [5, 5.41) is 9.63. The van der Waals surface area contributed by atoms with Gasteiger partial charge in [0, 0.05) is 23.3 Å². The number of hydrogen-bond acceptors (Lipinski definition) is 3. The number of nitrogens with two attached hydrogens (primary N) is 1. The van der Waals surface area contributed by atoms with Gasteiger partial charge in [0.2, 0.25) is 0 Å². The van der Waals surface area contributed by atoms with E-state index < -0.39 is 6.04 Å². The molecule has 2 aromatic rings. The largest absolute Gasteiger partial charge is 0.360 e. The molecule has 64 valence electrons. The van der Waals surface area contributed by atoms with E-state index in [1.807, 2.05) is 12.1 Å². The standard InChI is InChI=1S/C9H8N4/c10-3-8(11)7-4-12-5-9-6(7)1-2-13-9/h1-2,4-5,8,13H,11H2. The number of nitrogens with one attached hydrogen (secondary N) is 1. The number of nitriles is 1. The molecule has 0 aliphatic rings. The Morgan fingerprint density at radius 1 is 1.54 bits per heavy atom. The van der Waals surface area contributed by atoms with Crippen LogP contribution in [0.25, 0.3) is 10.9 Å². The Balaban J connectivity index is 2.69.